The molecule has 0 aromatic rings. The van der Waals surface area contributed by atoms with Crippen LogP contribution in [0.4, 0.5) is 0 Å². The van der Waals surface area contributed by atoms with Crippen LogP contribution in [0.2, 0.25) is 0 Å². The summed E-state index contributed by atoms with van der Waals surface area (Å²) in [5.74, 6) is 5.46. The van der Waals surface area contributed by atoms with E-state index in [2.05, 4.69) is 41.5 Å². The highest BCUT2D eigenvalue weighted by atomic mass is 16.1. The van der Waals surface area contributed by atoms with E-state index in [1.807, 2.05) is 11.1 Å². The predicted octanol–water partition coefficient (Wildman–Crippen LogP) is 8.38. The van der Waals surface area contributed by atoms with Crippen molar-refractivity contribution >= 4 is 5.78 Å². The number of hydrogen-bond acceptors (Lipinski definition) is 1. The summed E-state index contributed by atoms with van der Waals surface area (Å²) in [5.41, 5.74) is 4.67. The second kappa shape index (κ2) is 8.40. The Labute approximate surface area is 186 Å². The highest BCUT2D eigenvalue weighted by Crippen LogP contribution is 2.65. The molecule has 7 atom stereocenters. The SMILES string of the molecule is CC[C@H](CC[C@@H](C)[C@H]1CCC2=C3CCC4CC(=O)CC[C@]4(C)[C@H]3CC[C@@]21C)C(C)C. The van der Waals surface area contributed by atoms with Crippen LogP contribution in [-0.2, 0) is 4.79 Å². The predicted molar refractivity (Wildman–Crippen MR) is 127 cm³/mol. The third-order valence-corrected chi connectivity index (χ3v) is 11.0. The molecule has 4 aliphatic rings. The van der Waals surface area contributed by atoms with Crippen LogP contribution in [0, 0.1) is 46.3 Å². The molecule has 3 fully saturated rings. The monoisotopic (exact) mass is 412 g/mol. The molecular formula is C29H48O. The minimum atomic E-state index is 0.408. The minimum absolute atomic E-state index is 0.408. The van der Waals surface area contributed by atoms with Gasteiger partial charge in [-0.1, -0.05) is 65.5 Å². The third kappa shape index (κ3) is 3.65. The highest BCUT2D eigenvalue weighted by molar-refractivity contribution is 5.79. The molecule has 0 aromatic carbocycles. The molecule has 1 unspecified atom stereocenters. The Morgan fingerprint density at radius 1 is 0.967 bits per heavy atom. The van der Waals surface area contributed by atoms with Crippen molar-refractivity contribution in [2.75, 3.05) is 0 Å². The maximum absolute atomic E-state index is 12.1. The van der Waals surface area contributed by atoms with Crippen LogP contribution in [0.1, 0.15) is 119 Å². The van der Waals surface area contributed by atoms with E-state index in [0.717, 1.165) is 48.9 Å². The first-order valence-corrected chi connectivity index (χ1v) is 13.4. The molecule has 0 aliphatic heterocycles. The number of rotatable bonds is 6. The Bertz CT molecular complexity index is 686. The first-order valence-electron chi connectivity index (χ1n) is 13.4. The van der Waals surface area contributed by atoms with Gasteiger partial charge in [-0.2, -0.15) is 0 Å². The van der Waals surface area contributed by atoms with Crippen LogP contribution in [0.25, 0.3) is 0 Å². The molecule has 170 valence electrons. The zero-order valence-corrected chi connectivity index (χ0v) is 20.9. The van der Waals surface area contributed by atoms with E-state index in [9.17, 15) is 4.79 Å². The number of ketones is 1. The summed E-state index contributed by atoms with van der Waals surface area (Å²) in [7, 11) is 0. The Balaban J connectivity index is 1.52. The molecular weight excluding hydrogens is 364 g/mol. The summed E-state index contributed by atoms with van der Waals surface area (Å²) in [5, 5.41) is 0. The van der Waals surface area contributed by atoms with Gasteiger partial charge in [-0.25, -0.2) is 0 Å². The highest BCUT2D eigenvalue weighted by Gasteiger charge is 2.55. The van der Waals surface area contributed by atoms with Crippen LogP contribution in [0.3, 0.4) is 0 Å². The molecule has 30 heavy (non-hydrogen) atoms. The molecule has 1 heteroatoms. The first kappa shape index (κ1) is 22.6. The fourth-order valence-electron chi connectivity index (χ4n) is 8.92. The van der Waals surface area contributed by atoms with E-state index in [4.69, 9.17) is 0 Å². The van der Waals surface area contributed by atoms with Gasteiger partial charge in [0, 0.05) is 12.8 Å². The average Bonchev–Trinajstić information content (AvgIpc) is 3.06. The number of fused-ring (bicyclic) bond motifs is 4. The normalized spacial score (nSPS) is 40.8. The Morgan fingerprint density at radius 3 is 2.43 bits per heavy atom. The van der Waals surface area contributed by atoms with Crippen LogP contribution in [0.15, 0.2) is 11.1 Å². The van der Waals surface area contributed by atoms with Gasteiger partial charge >= 0.3 is 0 Å². The number of Topliss-reactive ketones (excluding diaryl/α,β-unsaturated/α-hetero) is 1. The Kier molecular flexibility index (Phi) is 6.33. The topological polar surface area (TPSA) is 17.1 Å². The van der Waals surface area contributed by atoms with Gasteiger partial charge in [0.15, 0.2) is 0 Å². The summed E-state index contributed by atoms with van der Waals surface area (Å²) in [6, 6.07) is 0. The van der Waals surface area contributed by atoms with Crippen molar-refractivity contribution in [1.29, 1.82) is 0 Å². The molecule has 4 rings (SSSR count). The van der Waals surface area contributed by atoms with E-state index < -0.39 is 0 Å². The van der Waals surface area contributed by atoms with E-state index in [-0.39, 0.29) is 0 Å². The summed E-state index contributed by atoms with van der Waals surface area (Å²) in [4.78, 5) is 12.1. The summed E-state index contributed by atoms with van der Waals surface area (Å²) >= 11 is 0. The molecule has 4 aliphatic carbocycles. The van der Waals surface area contributed by atoms with Crippen LogP contribution < -0.4 is 0 Å². The van der Waals surface area contributed by atoms with E-state index in [1.54, 1.807) is 0 Å². The summed E-state index contributed by atoms with van der Waals surface area (Å²) < 4.78 is 0. The molecule has 0 aromatic heterocycles. The largest absolute Gasteiger partial charge is 0.300 e. The fraction of sp³-hybridized carbons (Fsp3) is 0.897. The quantitative estimate of drug-likeness (QED) is 0.400. The van der Waals surface area contributed by atoms with E-state index in [0.29, 0.717) is 22.5 Å². The molecule has 0 bridgehead atoms. The molecule has 3 saturated carbocycles. The lowest BCUT2D eigenvalue weighted by molar-refractivity contribution is -0.127. The lowest BCUT2D eigenvalue weighted by Crippen LogP contribution is -2.47. The molecule has 1 nitrogen and oxygen atoms in total. The molecule has 0 radical (unpaired) electrons. The van der Waals surface area contributed by atoms with E-state index >= 15 is 0 Å². The third-order valence-electron chi connectivity index (χ3n) is 11.0. The molecule has 0 saturated heterocycles. The number of hydrogen-bond donors (Lipinski definition) is 0. The lowest BCUT2D eigenvalue weighted by atomic mass is 9.49. The van der Waals surface area contributed by atoms with Crippen molar-refractivity contribution in [1.82, 2.24) is 0 Å². The second-order valence-corrected chi connectivity index (χ2v) is 12.6. The maximum Gasteiger partial charge on any atom is 0.133 e. The van der Waals surface area contributed by atoms with Gasteiger partial charge in [0.1, 0.15) is 5.78 Å². The lowest BCUT2D eigenvalue weighted by Gasteiger charge is -2.56. The first-order chi connectivity index (χ1) is 14.2. The molecule has 0 N–H and O–H groups in total. The average molecular weight is 413 g/mol. The number of carbonyl (C=O) groups is 1. The van der Waals surface area contributed by atoms with Gasteiger partial charge in [-0.05, 0) is 97.7 Å². The van der Waals surface area contributed by atoms with Crippen molar-refractivity contribution in [3.05, 3.63) is 11.1 Å². The number of allylic oxidation sites excluding steroid dienone is 2. The van der Waals surface area contributed by atoms with Crippen LogP contribution >= 0.6 is 0 Å². The standard InChI is InChI=1S/C29H48O/c1-7-21(19(2)3)9-8-20(4)25-12-13-26-24-11-10-22-18-23(30)14-16-28(22,5)27(24)15-17-29(25,26)6/h19-22,25,27H,7-18H2,1-6H3/t20-,21-,22?,25-,27+,28+,29-/m1/s1. The molecule has 0 spiro atoms. The number of carbonyl (C=O) groups excluding carboxylic acids is 1. The van der Waals surface area contributed by atoms with Crippen LogP contribution in [0.5, 0.6) is 0 Å². The van der Waals surface area contributed by atoms with Gasteiger partial charge in [-0.3, -0.25) is 4.79 Å². The van der Waals surface area contributed by atoms with Crippen molar-refractivity contribution in [3.8, 4) is 0 Å². The fourth-order valence-corrected chi connectivity index (χ4v) is 8.92. The zero-order chi connectivity index (χ0) is 21.7. The van der Waals surface area contributed by atoms with Gasteiger partial charge < -0.3 is 0 Å². The summed E-state index contributed by atoms with van der Waals surface area (Å²) in [6.07, 6.45) is 15.2. The van der Waals surface area contributed by atoms with Crippen LogP contribution in [-0.4, -0.2) is 5.78 Å². The summed E-state index contributed by atoms with van der Waals surface area (Å²) in [6.45, 7) is 15.0. The zero-order valence-electron chi connectivity index (χ0n) is 20.9. The van der Waals surface area contributed by atoms with E-state index in [1.165, 1.54) is 57.8 Å². The van der Waals surface area contributed by atoms with Crippen molar-refractivity contribution in [2.24, 2.45) is 46.3 Å². The Hall–Kier alpha value is -0.590. The minimum Gasteiger partial charge on any atom is -0.300 e. The smallest absolute Gasteiger partial charge is 0.133 e. The second-order valence-electron chi connectivity index (χ2n) is 12.6. The van der Waals surface area contributed by atoms with Gasteiger partial charge in [0.25, 0.3) is 0 Å². The van der Waals surface area contributed by atoms with Crippen molar-refractivity contribution in [2.45, 2.75) is 119 Å². The van der Waals surface area contributed by atoms with Gasteiger partial charge in [0.05, 0.1) is 0 Å². The van der Waals surface area contributed by atoms with Gasteiger partial charge in [-0.15, -0.1) is 0 Å². The van der Waals surface area contributed by atoms with Gasteiger partial charge in [0.2, 0.25) is 0 Å². The van der Waals surface area contributed by atoms with Crippen molar-refractivity contribution < 1.29 is 4.79 Å². The Morgan fingerprint density at radius 2 is 1.73 bits per heavy atom. The van der Waals surface area contributed by atoms with Crippen molar-refractivity contribution in [3.63, 3.8) is 0 Å². The maximum atomic E-state index is 12.1. The molecule has 0 heterocycles. The molecule has 0 amide bonds.